The van der Waals surface area contributed by atoms with Crippen LogP contribution in [-0.4, -0.2) is 54.6 Å². The minimum Gasteiger partial charge on any atom is -0.490 e. The van der Waals surface area contributed by atoms with Gasteiger partial charge in [0.15, 0.2) is 0 Å². The van der Waals surface area contributed by atoms with Crippen LogP contribution in [0.4, 0.5) is 5.82 Å². The van der Waals surface area contributed by atoms with Crippen molar-refractivity contribution in [3.63, 3.8) is 0 Å². The Kier molecular flexibility index (Phi) is 7.48. The van der Waals surface area contributed by atoms with Gasteiger partial charge in [-0.15, -0.1) is 12.4 Å². The Balaban J connectivity index is 0.00000225. The zero-order chi connectivity index (χ0) is 18.5. The van der Waals surface area contributed by atoms with Crippen LogP contribution in [0.2, 0.25) is 0 Å². The van der Waals surface area contributed by atoms with Gasteiger partial charge in [-0.3, -0.25) is 4.79 Å². The summed E-state index contributed by atoms with van der Waals surface area (Å²) in [6.07, 6.45) is 7.15. The highest BCUT2D eigenvalue weighted by Crippen LogP contribution is 2.24. The topological polar surface area (TPSA) is 66.5 Å². The molecule has 6 nitrogen and oxygen atoms in total. The van der Waals surface area contributed by atoms with E-state index in [0.717, 1.165) is 62.1 Å². The molecule has 2 aromatic rings. The summed E-state index contributed by atoms with van der Waals surface area (Å²) < 4.78 is 6.13. The number of carbonyl (C=O) groups is 1. The number of nitrogens with zero attached hydrogens (tertiary/aromatic N) is 2. The molecule has 0 spiro atoms. The van der Waals surface area contributed by atoms with E-state index in [0.29, 0.717) is 12.2 Å². The second-order valence-corrected chi connectivity index (χ2v) is 7.49. The molecule has 0 atom stereocenters. The molecule has 7 heteroatoms. The van der Waals surface area contributed by atoms with E-state index in [1.807, 2.05) is 24.3 Å². The lowest BCUT2D eigenvalue weighted by molar-refractivity contribution is -0.116. The first-order valence-corrected chi connectivity index (χ1v) is 10.1. The molecule has 0 aliphatic carbocycles. The lowest BCUT2D eigenvalue weighted by atomic mass is 10.1. The molecule has 2 N–H and O–H groups in total. The van der Waals surface area contributed by atoms with Gasteiger partial charge in [-0.05, 0) is 81.5 Å². The summed E-state index contributed by atoms with van der Waals surface area (Å²) >= 11 is 0. The Bertz CT molecular complexity index is 789. The van der Waals surface area contributed by atoms with Gasteiger partial charge >= 0.3 is 0 Å². The summed E-state index contributed by atoms with van der Waals surface area (Å²) in [4.78, 5) is 18.9. The van der Waals surface area contributed by atoms with Crippen LogP contribution in [0.3, 0.4) is 0 Å². The fourth-order valence-electron chi connectivity index (χ4n) is 3.84. The number of likely N-dealkylation sites (tertiary alicyclic amines) is 1. The second-order valence-electron chi connectivity index (χ2n) is 7.49. The van der Waals surface area contributed by atoms with Crippen LogP contribution in [0, 0.1) is 0 Å². The maximum Gasteiger partial charge on any atom is 0.226 e. The Morgan fingerprint density at radius 2 is 1.96 bits per heavy atom. The molecule has 4 rings (SSSR count). The van der Waals surface area contributed by atoms with E-state index in [2.05, 4.69) is 20.5 Å². The number of ether oxygens (including phenoxy) is 1. The maximum atomic E-state index is 12.2. The van der Waals surface area contributed by atoms with Crippen LogP contribution in [0.5, 0.6) is 5.75 Å². The first kappa shape index (κ1) is 20.8. The zero-order valence-electron chi connectivity index (χ0n) is 16.2. The SMILES string of the molecule is Cl.O=C(CCN1CCCC1)Nc1cc2cc(OC3CCNCC3)ccc2cn1. The van der Waals surface area contributed by atoms with Crippen LogP contribution in [-0.2, 0) is 4.79 Å². The molecule has 0 saturated carbocycles. The number of fused-ring (bicyclic) bond motifs is 1. The van der Waals surface area contributed by atoms with E-state index in [4.69, 9.17) is 4.74 Å². The van der Waals surface area contributed by atoms with E-state index in [-0.39, 0.29) is 24.4 Å². The number of aromatic nitrogens is 1. The molecule has 3 heterocycles. The molecule has 152 valence electrons. The zero-order valence-corrected chi connectivity index (χ0v) is 17.0. The predicted molar refractivity (Wildman–Crippen MR) is 114 cm³/mol. The van der Waals surface area contributed by atoms with Crippen LogP contribution in [0.15, 0.2) is 30.5 Å². The number of hydrogen-bond donors (Lipinski definition) is 2. The monoisotopic (exact) mass is 404 g/mol. The van der Waals surface area contributed by atoms with Gasteiger partial charge in [-0.2, -0.15) is 0 Å². The van der Waals surface area contributed by atoms with Gasteiger partial charge in [0.2, 0.25) is 5.91 Å². The first-order valence-electron chi connectivity index (χ1n) is 10.1. The Hall–Kier alpha value is -1.89. The molecular weight excluding hydrogens is 376 g/mol. The van der Waals surface area contributed by atoms with Crippen molar-refractivity contribution >= 4 is 34.9 Å². The molecule has 1 aromatic heterocycles. The summed E-state index contributed by atoms with van der Waals surface area (Å²) in [5, 5.41) is 8.36. The lowest BCUT2D eigenvalue weighted by Crippen LogP contribution is -2.34. The summed E-state index contributed by atoms with van der Waals surface area (Å²) in [5.74, 6) is 1.51. The van der Waals surface area contributed by atoms with Crippen molar-refractivity contribution < 1.29 is 9.53 Å². The second kappa shape index (κ2) is 10.0. The third-order valence-corrected chi connectivity index (χ3v) is 5.40. The van der Waals surface area contributed by atoms with Gasteiger partial charge in [0.25, 0.3) is 0 Å². The third-order valence-electron chi connectivity index (χ3n) is 5.40. The van der Waals surface area contributed by atoms with Gasteiger partial charge in [-0.25, -0.2) is 4.98 Å². The van der Waals surface area contributed by atoms with Crippen molar-refractivity contribution in [2.45, 2.75) is 38.2 Å². The van der Waals surface area contributed by atoms with Crippen molar-refractivity contribution in [1.29, 1.82) is 0 Å². The van der Waals surface area contributed by atoms with Crippen LogP contribution >= 0.6 is 12.4 Å². The Morgan fingerprint density at radius 1 is 1.18 bits per heavy atom. The van der Waals surface area contributed by atoms with Gasteiger partial charge in [-0.1, -0.05) is 0 Å². The van der Waals surface area contributed by atoms with E-state index >= 15 is 0 Å². The highest BCUT2D eigenvalue weighted by atomic mass is 35.5. The number of hydrogen-bond acceptors (Lipinski definition) is 5. The number of anilines is 1. The average molecular weight is 405 g/mol. The fourth-order valence-corrected chi connectivity index (χ4v) is 3.84. The number of piperidine rings is 1. The average Bonchev–Trinajstić information content (AvgIpc) is 3.21. The van der Waals surface area contributed by atoms with E-state index in [1.54, 1.807) is 6.20 Å². The van der Waals surface area contributed by atoms with Crippen LogP contribution in [0.25, 0.3) is 10.8 Å². The van der Waals surface area contributed by atoms with Gasteiger partial charge in [0.1, 0.15) is 17.7 Å². The largest absolute Gasteiger partial charge is 0.490 e. The Morgan fingerprint density at radius 3 is 2.75 bits per heavy atom. The molecular formula is C21H29ClN4O2. The molecule has 0 unspecified atom stereocenters. The van der Waals surface area contributed by atoms with Gasteiger partial charge in [0, 0.05) is 24.5 Å². The highest BCUT2D eigenvalue weighted by Gasteiger charge is 2.15. The minimum absolute atomic E-state index is 0. The van der Waals surface area contributed by atoms with Crippen molar-refractivity contribution in [3.8, 4) is 5.75 Å². The van der Waals surface area contributed by atoms with E-state index < -0.39 is 0 Å². The van der Waals surface area contributed by atoms with Gasteiger partial charge in [0.05, 0.1) is 0 Å². The molecule has 2 fully saturated rings. The number of nitrogens with one attached hydrogen (secondary N) is 2. The molecule has 1 aromatic carbocycles. The number of pyridine rings is 1. The summed E-state index contributed by atoms with van der Waals surface area (Å²) in [6, 6.07) is 8.00. The van der Waals surface area contributed by atoms with E-state index in [1.165, 1.54) is 12.8 Å². The highest BCUT2D eigenvalue weighted by molar-refractivity contribution is 5.93. The first-order chi connectivity index (χ1) is 13.3. The number of carbonyl (C=O) groups excluding carboxylic acids is 1. The van der Waals surface area contributed by atoms with Crippen molar-refractivity contribution in [2.24, 2.45) is 0 Å². The molecule has 2 aliphatic rings. The van der Waals surface area contributed by atoms with Crippen molar-refractivity contribution in [1.82, 2.24) is 15.2 Å². The molecule has 0 radical (unpaired) electrons. The number of halogens is 1. The third kappa shape index (κ3) is 5.56. The van der Waals surface area contributed by atoms with Crippen LogP contribution in [0.1, 0.15) is 32.1 Å². The quantitative estimate of drug-likeness (QED) is 0.773. The summed E-state index contributed by atoms with van der Waals surface area (Å²) in [6.45, 7) is 5.07. The Labute approximate surface area is 172 Å². The smallest absolute Gasteiger partial charge is 0.226 e. The maximum absolute atomic E-state index is 12.2. The summed E-state index contributed by atoms with van der Waals surface area (Å²) in [7, 11) is 0. The van der Waals surface area contributed by atoms with Crippen molar-refractivity contribution in [3.05, 3.63) is 30.5 Å². The molecule has 1 amide bonds. The van der Waals surface area contributed by atoms with Crippen molar-refractivity contribution in [2.75, 3.05) is 38.0 Å². The molecule has 2 aliphatic heterocycles. The fraction of sp³-hybridized carbons (Fsp3) is 0.524. The normalized spacial score (nSPS) is 18.0. The molecule has 0 bridgehead atoms. The number of benzene rings is 1. The standard InChI is InChI=1S/C21H28N4O2.ClH/c26-21(7-12-25-10-1-2-11-25)24-20-14-17-13-19(4-3-16(17)15-23-20)27-18-5-8-22-9-6-18;/h3-4,13-15,18,22H,1-2,5-12H2,(H,23,24,26);1H. The lowest BCUT2D eigenvalue weighted by Gasteiger charge is -2.24. The molecule has 28 heavy (non-hydrogen) atoms. The van der Waals surface area contributed by atoms with Crippen LogP contribution < -0.4 is 15.4 Å². The van der Waals surface area contributed by atoms with Gasteiger partial charge < -0.3 is 20.3 Å². The van der Waals surface area contributed by atoms with E-state index in [9.17, 15) is 4.79 Å². The number of amides is 1. The molecule has 2 saturated heterocycles. The summed E-state index contributed by atoms with van der Waals surface area (Å²) in [5.41, 5.74) is 0. The number of rotatable bonds is 6. The minimum atomic E-state index is 0. The predicted octanol–water partition coefficient (Wildman–Crippen LogP) is 3.21.